The maximum absolute atomic E-state index is 10.9. The maximum Gasteiger partial charge on any atom is 0.272 e. The Morgan fingerprint density at radius 2 is 2.10 bits per heavy atom. The molecule has 20 heavy (non-hydrogen) atoms. The average molecular weight is 278 g/mol. The number of benzene rings is 1. The molecule has 0 bridgehead atoms. The number of nitrogens with zero attached hydrogens (tertiary/aromatic N) is 2. The quantitative estimate of drug-likeness (QED) is 0.613. The minimum atomic E-state index is -0.478. The van der Waals surface area contributed by atoms with Crippen LogP contribution in [0.3, 0.4) is 0 Å². The molecule has 2 heterocycles. The van der Waals surface area contributed by atoms with Gasteiger partial charge in [0.05, 0.1) is 24.7 Å². The molecule has 0 atom stereocenters. The summed E-state index contributed by atoms with van der Waals surface area (Å²) in [5.74, 6) is -0.478. The largest absolute Gasteiger partial charge is 0.366 e. The number of nitro benzene ring substituents is 1. The maximum atomic E-state index is 10.9. The van der Waals surface area contributed by atoms with Gasteiger partial charge < -0.3 is 14.4 Å². The molecule has 0 N–H and O–H groups in total. The second-order valence-electron chi connectivity index (χ2n) is 5.36. The van der Waals surface area contributed by atoms with Crippen LogP contribution in [0, 0.1) is 17.0 Å². The first-order valence-corrected chi connectivity index (χ1v) is 6.88. The van der Waals surface area contributed by atoms with E-state index in [2.05, 4.69) is 4.90 Å². The molecule has 3 rings (SSSR count). The van der Waals surface area contributed by atoms with Gasteiger partial charge in [-0.3, -0.25) is 10.1 Å². The van der Waals surface area contributed by atoms with Gasteiger partial charge in [-0.2, -0.15) is 0 Å². The van der Waals surface area contributed by atoms with Crippen LogP contribution in [0.2, 0.25) is 0 Å². The lowest BCUT2D eigenvalue weighted by molar-refractivity contribution is -0.385. The van der Waals surface area contributed by atoms with E-state index >= 15 is 0 Å². The number of hydrogen-bond donors (Lipinski definition) is 0. The van der Waals surface area contributed by atoms with Gasteiger partial charge in [-0.25, -0.2) is 0 Å². The van der Waals surface area contributed by atoms with Crippen molar-refractivity contribution in [3.8, 4) is 0 Å². The standard InChI is InChI=1S/C14H18N2O4/c1-11-9-12(3-4-13(11)16(17)18)15-6-2-5-14(10-15)19-7-8-20-14/h3-4,9H,2,5-8,10H2,1H3. The Morgan fingerprint density at radius 3 is 2.75 bits per heavy atom. The van der Waals surface area contributed by atoms with Gasteiger partial charge in [-0.1, -0.05) is 0 Å². The van der Waals surface area contributed by atoms with Gasteiger partial charge in [0, 0.05) is 30.3 Å². The van der Waals surface area contributed by atoms with Crippen molar-refractivity contribution < 1.29 is 14.4 Å². The number of piperidine rings is 1. The second kappa shape index (κ2) is 5.03. The predicted octanol–water partition coefficient (Wildman–Crippen LogP) is 2.25. The lowest BCUT2D eigenvalue weighted by Crippen LogP contribution is -2.49. The van der Waals surface area contributed by atoms with E-state index in [1.807, 2.05) is 6.07 Å². The van der Waals surface area contributed by atoms with Crippen molar-refractivity contribution in [1.82, 2.24) is 0 Å². The van der Waals surface area contributed by atoms with Crippen LogP contribution in [0.1, 0.15) is 18.4 Å². The fourth-order valence-corrected chi connectivity index (χ4v) is 2.98. The SMILES string of the molecule is Cc1cc(N2CCCC3(C2)OCCO3)ccc1[N+](=O)[O-]. The summed E-state index contributed by atoms with van der Waals surface area (Å²) in [5.41, 5.74) is 1.83. The van der Waals surface area contributed by atoms with E-state index in [1.165, 1.54) is 0 Å². The molecule has 2 saturated heterocycles. The fraction of sp³-hybridized carbons (Fsp3) is 0.571. The average Bonchev–Trinajstić information content (AvgIpc) is 2.86. The van der Waals surface area contributed by atoms with Crippen LogP contribution in [0.25, 0.3) is 0 Å². The lowest BCUT2D eigenvalue weighted by atomic mass is 10.0. The van der Waals surface area contributed by atoms with Gasteiger partial charge >= 0.3 is 0 Å². The zero-order valence-electron chi connectivity index (χ0n) is 11.5. The summed E-state index contributed by atoms with van der Waals surface area (Å²) >= 11 is 0. The van der Waals surface area contributed by atoms with Gasteiger partial charge in [0.2, 0.25) is 0 Å². The van der Waals surface area contributed by atoms with E-state index in [1.54, 1.807) is 19.1 Å². The van der Waals surface area contributed by atoms with Crippen molar-refractivity contribution in [3.63, 3.8) is 0 Å². The van der Waals surface area contributed by atoms with E-state index in [0.717, 1.165) is 25.1 Å². The van der Waals surface area contributed by atoms with Crippen LogP contribution in [0.4, 0.5) is 11.4 Å². The number of nitro groups is 1. The first kappa shape index (κ1) is 13.3. The Hall–Kier alpha value is -1.66. The third-order valence-corrected chi connectivity index (χ3v) is 3.97. The Labute approximate surface area is 117 Å². The van der Waals surface area contributed by atoms with Crippen LogP contribution in [0.15, 0.2) is 18.2 Å². The second-order valence-corrected chi connectivity index (χ2v) is 5.36. The van der Waals surface area contributed by atoms with Gasteiger partial charge in [0.1, 0.15) is 0 Å². The summed E-state index contributed by atoms with van der Waals surface area (Å²) in [6.45, 7) is 4.67. The number of anilines is 1. The van der Waals surface area contributed by atoms with Gasteiger partial charge in [-0.15, -0.1) is 0 Å². The van der Waals surface area contributed by atoms with Crippen LogP contribution in [-0.2, 0) is 9.47 Å². The molecule has 2 aliphatic rings. The van der Waals surface area contributed by atoms with Crippen molar-refractivity contribution in [2.24, 2.45) is 0 Å². The summed E-state index contributed by atoms with van der Waals surface area (Å²) in [6.07, 6.45) is 1.91. The molecule has 0 amide bonds. The molecule has 0 radical (unpaired) electrons. The molecule has 1 aromatic carbocycles. The normalized spacial score (nSPS) is 21.4. The van der Waals surface area contributed by atoms with Gasteiger partial charge in [0.15, 0.2) is 5.79 Å². The highest BCUT2D eigenvalue weighted by atomic mass is 16.7. The predicted molar refractivity (Wildman–Crippen MR) is 73.9 cm³/mol. The first-order chi connectivity index (χ1) is 9.60. The summed E-state index contributed by atoms with van der Waals surface area (Å²) in [5, 5.41) is 10.9. The fourth-order valence-electron chi connectivity index (χ4n) is 2.98. The van der Waals surface area contributed by atoms with Gasteiger partial charge in [0.25, 0.3) is 5.69 Å². The van der Waals surface area contributed by atoms with Crippen molar-refractivity contribution in [2.45, 2.75) is 25.6 Å². The van der Waals surface area contributed by atoms with Crippen LogP contribution < -0.4 is 4.90 Å². The zero-order chi connectivity index (χ0) is 14.2. The van der Waals surface area contributed by atoms with Crippen molar-refractivity contribution in [3.05, 3.63) is 33.9 Å². The minimum Gasteiger partial charge on any atom is -0.366 e. The van der Waals surface area contributed by atoms with Crippen LogP contribution in [-0.4, -0.2) is 37.0 Å². The Bertz CT molecular complexity index is 526. The molecule has 0 unspecified atom stereocenters. The highest BCUT2D eigenvalue weighted by Crippen LogP contribution is 2.33. The third-order valence-electron chi connectivity index (χ3n) is 3.97. The molecule has 0 saturated carbocycles. The summed E-state index contributed by atoms with van der Waals surface area (Å²) in [7, 11) is 0. The molecular weight excluding hydrogens is 260 g/mol. The highest BCUT2D eigenvalue weighted by molar-refractivity contribution is 5.55. The third kappa shape index (κ3) is 2.36. The first-order valence-electron chi connectivity index (χ1n) is 6.88. The zero-order valence-corrected chi connectivity index (χ0v) is 11.5. The summed E-state index contributed by atoms with van der Waals surface area (Å²) in [4.78, 5) is 12.7. The van der Waals surface area contributed by atoms with Crippen LogP contribution in [0.5, 0.6) is 0 Å². The molecule has 0 aromatic heterocycles. The Kier molecular flexibility index (Phi) is 3.35. The molecule has 6 nitrogen and oxygen atoms in total. The molecule has 1 aromatic rings. The number of hydrogen-bond acceptors (Lipinski definition) is 5. The summed E-state index contributed by atoms with van der Waals surface area (Å²) < 4.78 is 11.5. The lowest BCUT2D eigenvalue weighted by Gasteiger charge is -2.39. The van der Waals surface area contributed by atoms with Crippen molar-refractivity contribution in [1.29, 1.82) is 0 Å². The molecule has 0 aliphatic carbocycles. The van der Waals surface area contributed by atoms with Crippen LogP contribution >= 0.6 is 0 Å². The molecular formula is C14H18N2O4. The Balaban J connectivity index is 1.82. The number of rotatable bonds is 2. The molecule has 2 aliphatic heterocycles. The number of ether oxygens (including phenoxy) is 2. The van der Waals surface area contributed by atoms with E-state index < -0.39 is 5.79 Å². The van der Waals surface area contributed by atoms with E-state index in [-0.39, 0.29) is 10.6 Å². The molecule has 108 valence electrons. The Morgan fingerprint density at radius 1 is 1.35 bits per heavy atom. The minimum absolute atomic E-state index is 0.161. The van der Waals surface area contributed by atoms with Gasteiger partial charge in [-0.05, 0) is 25.5 Å². The highest BCUT2D eigenvalue weighted by Gasteiger charge is 2.40. The number of aryl methyl sites for hydroxylation is 1. The topological polar surface area (TPSA) is 64.8 Å². The summed E-state index contributed by atoms with van der Waals surface area (Å²) in [6, 6.07) is 5.24. The monoisotopic (exact) mass is 278 g/mol. The van der Waals surface area contributed by atoms with Crippen molar-refractivity contribution >= 4 is 11.4 Å². The van der Waals surface area contributed by atoms with E-state index in [9.17, 15) is 10.1 Å². The van der Waals surface area contributed by atoms with E-state index in [0.29, 0.717) is 25.3 Å². The molecule has 2 fully saturated rings. The van der Waals surface area contributed by atoms with Crippen molar-refractivity contribution in [2.75, 3.05) is 31.2 Å². The molecule has 6 heteroatoms. The molecule has 1 spiro atoms. The smallest absolute Gasteiger partial charge is 0.272 e. The van der Waals surface area contributed by atoms with E-state index in [4.69, 9.17) is 9.47 Å².